The van der Waals surface area contributed by atoms with Gasteiger partial charge >= 0.3 is 0 Å². The summed E-state index contributed by atoms with van der Waals surface area (Å²) < 4.78 is 0. The van der Waals surface area contributed by atoms with Gasteiger partial charge in [0.15, 0.2) is 5.82 Å². The zero-order valence-electron chi connectivity index (χ0n) is 16.5. The molecule has 2 aromatic rings. The fourth-order valence-electron chi connectivity index (χ4n) is 3.41. The Balaban J connectivity index is 1.66. The molecule has 1 saturated carbocycles. The van der Waals surface area contributed by atoms with E-state index in [1.54, 1.807) is 6.20 Å². The first-order valence-corrected chi connectivity index (χ1v) is 9.81. The smallest absolute Gasteiger partial charge is 0.244 e. The fraction of sp³-hybridized carbons (Fsp3) is 0.429. The summed E-state index contributed by atoms with van der Waals surface area (Å²) in [7, 11) is 0. The van der Waals surface area contributed by atoms with Crippen LogP contribution in [0.25, 0.3) is 0 Å². The van der Waals surface area contributed by atoms with Crippen LogP contribution in [-0.2, 0) is 4.79 Å². The molecule has 3 rings (SSSR count). The topological polar surface area (TPSA) is 91.8 Å². The maximum atomic E-state index is 11.7. The van der Waals surface area contributed by atoms with Crippen molar-refractivity contribution in [3.63, 3.8) is 0 Å². The van der Waals surface area contributed by atoms with Crippen LogP contribution in [0, 0.1) is 0 Å². The Morgan fingerprint density at radius 1 is 1.18 bits per heavy atom. The lowest BCUT2D eigenvalue weighted by molar-refractivity contribution is -0.117. The van der Waals surface area contributed by atoms with E-state index in [4.69, 9.17) is 0 Å². The van der Waals surface area contributed by atoms with E-state index in [2.05, 4.69) is 63.7 Å². The van der Waals surface area contributed by atoms with Crippen LogP contribution in [0.3, 0.4) is 0 Å². The Morgan fingerprint density at radius 3 is 2.57 bits per heavy atom. The molecule has 7 nitrogen and oxygen atoms in total. The van der Waals surface area contributed by atoms with Crippen molar-refractivity contribution in [3.05, 3.63) is 48.7 Å². The Kier molecular flexibility index (Phi) is 6.57. The third-order valence-corrected chi connectivity index (χ3v) is 5.00. The molecule has 0 aliphatic heterocycles. The van der Waals surface area contributed by atoms with Crippen LogP contribution in [-0.4, -0.2) is 33.2 Å². The minimum Gasteiger partial charge on any atom is -0.348 e. The van der Waals surface area contributed by atoms with E-state index in [1.807, 2.05) is 12.1 Å². The van der Waals surface area contributed by atoms with Crippen molar-refractivity contribution in [3.8, 4) is 0 Å². The predicted octanol–water partition coefficient (Wildman–Crippen LogP) is 3.76. The maximum absolute atomic E-state index is 11.7. The molecule has 1 aliphatic carbocycles. The van der Waals surface area contributed by atoms with Crippen LogP contribution in [0.1, 0.15) is 51.0 Å². The predicted molar refractivity (Wildman–Crippen MR) is 112 cm³/mol. The Bertz CT molecular complexity index is 805. The van der Waals surface area contributed by atoms with Crippen molar-refractivity contribution in [2.24, 2.45) is 0 Å². The van der Waals surface area contributed by atoms with Gasteiger partial charge in [0.2, 0.25) is 11.9 Å². The summed E-state index contributed by atoms with van der Waals surface area (Å²) in [6.45, 7) is 7.87. The van der Waals surface area contributed by atoms with Gasteiger partial charge in [0, 0.05) is 17.8 Å². The van der Waals surface area contributed by atoms with E-state index in [0.29, 0.717) is 17.7 Å². The van der Waals surface area contributed by atoms with Crippen molar-refractivity contribution in [1.82, 2.24) is 20.5 Å². The van der Waals surface area contributed by atoms with Crippen LogP contribution in [0.4, 0.5) is 17.5 Å². The molecule has 3 N–H and O–H groups in total. The molecule has 2 atom stereocenters. The van der Waals surface area contributed by atoms with Gasteiger partial charge in [-0.25, -0.2) is 0 Å². The molecule has 0 bridgehead atoms. The largest absolute Gasteiger partial charge is 0.348 e. The van der Waals surface area contributed by atoms with Crippen molar-refractivity contribution in [1.29, 1.82) is 0 Å². The van der Waals surface area contributed by atoms with E-state index in [9.17, 15) is 4.79 Å². The van der Waals surface area contributed by atoms with Gasteiger partial charge in [-0.1, -0.05) is 45.4 Å². The molecule has 1 aromatic heterocycles. The second-order valence-electron chi connectivity index (χ2n) is 7.42. The number of carbonyl (C=O) groups is 1. The highest BCUT2D eigenvalue weighted by atomic mass is 16.1. The van der Waals surface area contributed by atoms with Crippen molar-refractivity contribution in [2.45, 2.75) is 57.5 Å². The monoisotopic (exact) mass is 380 g/mol. The average Bonchev–Trinajstić information content (AvgIpc) is 2.70. The Morgan fingerprint density at radius 2 is 1.89 bits per heavy atom. The number of nitrogens with zero attached hydrogens (tertiary/aromatic N) is 3. The summed E-state index contributed by atoms with van der Waals surface area (Å²) >= 11 is 0. The lowest BCUT2D eigenvalue weighted by atomic mass is 9.90. The summed E-state index contributed by atoms with van der Waals surface area (Å²) in [6.07, 6.45) is 6.96. The molecule has 0 spiro atoms. The highest BCUT2D eigenvalue weighted by molar-refractivity contribution is 5.87. The number of anilines is 3. The van der Waals surface area contributed by atoms with Gasteiger partial charge < -0.3 is 16.0 Å². The maximum Gasteiger partial charge on any atom is 0.244 e. The van der Waals surface area contributed by atoms with Crippen molar-refractivity contribution >= 4 is 23.4 Å². The minimum absolute atomic E-state index is 0.0306. The molecule has 1 heterocycles. The molecule has 1 fully saturated rings. The van der Waals surface area contributed by atoms with Gasteiger partial charge in [-0.15, -0.1) is 5.10 Å². The van der Waals surface area contributed by atoms with Crippen LogP contribution >= 0.6 is 0 Å². The van der Waals surface area contributed by atoms with Crippen LogP contribution < -0.4 is 16.0 Å². The Hall–Kier alpha value is -2.96. The van der Waals surface area contributed by atoms with Gasteiger partial charge in [-0.3, -0.25) is 4.79 Å². The normalized spacial score (nSPS) is 19.1. The number of hydrogen-bond donors (Lipinski definition) is 3. The highest BCUT2D eigenvalue weighted by Crippen LogP contribution is 2.23. The number of benzene rings is 1. The number of carbonyl (C=O) groups excluding carboxylic acids is 1. The third kappa shape index (κ3) is 5.28. The second-order valence-corrected chi connectivity index (χ2v) is 7.42. The van der Waals surface area contributed by atoms with E-state index < -0.39 is 0 Å². The molecule has 0 saturated heterocycles. The van der Waals surface area contributed by atoms with Gasteiger partial charge in [-0.2, -0.15) is 10.1 Å². The second kappa shape index (κ2) is 9.30. The SMILES string of the molecule is C=CC(=O)N[C@H]1CCCC[C@@H]1Nc1nncc(Nc2ccc(C(C)C)cc2)n1. The third-order valence-electron chi connectivity index (χ3n) is 5.00. The lowest BCUT2D eigenvalue weighted by Crippen LogP contribution is -2.48. The molecule has 0 unspecified atom stereocenters. The van der Waals surface area contributed by atoms with Gasteiger partial charge in [0.25, 0.3) is 0 Å². The van der Waals surface area contributed by atoms with Crippen LogP contribution in [0.15, 0.2) is 43.1 Å². The number of rotatable bonds is 7. The summed E-state index contributed by atoms with van der Waals surface area (Å²) in [5.41, 5.74) is 2.24. The van der Waals surface area contributed by atoms with Gasteiger partial charge in [0.05, 0.1) is 6.20 Å². The first kappa shape index (κ1) is 19.8. The zero-order valence-corrected chi connectivity index (χ0v) is 16.5. The van der Waals surface area contributed by atoms with E-state index in [-0.39, 0.29) is 18.0 Å². The molecule has 28 heavy (non-hydrogen) atoms. The molecule has 148 valence electrons. The van der Waals surface area contributed by atoms with Crippen LogP contribution in [0.2, 0.25) is 0 Å². The first-order chi connectivity index (χ1) is 13.5. The summed E-state index contributed by atoms with van der Waals surface area (Å²) in [4.78, 5) is 16.2. The minimum atomic E-state index is -0.155. The Labute approximate surface area is 166 Å². The molecule has 7 heteroatoms. The zero-order chi connectivity index (χ0) is 19.9. The molecule has 0 radical (unpaired) electrons. The molecule has 1 aliphatic rings. The number of amides is 1. The number of aromatic nitrogens is 3. The molecular weight excluding hydrogens is 352 g/mol. The molecular formula is C21H28N6O. The molecule has 1 aromatic carbocycles. The quantitative estimate of drug-likeness (QED) is 0.634. The number of hydrogen-bond acceptors (Lipinski definition) is 6. The van der Waals surface area contributed by atoms with E-state index >= 15 is 0 Å². The standard InChI is InChI=1S/C21H28N6O/c1-4-20(28)24-17-7-5-6-8-18(17)25-21-26-19(13-22-27-21)23-16-11-9-15(10-12-16)14(2)3/h4,9-14,17-18H,1,5-8H2,2-3H3,(H,24,28)(H2,23,25,26,27)/t17-,18-/m0/s1. The van der Waals surface area contributed by atoms with E-state index in [0.717, 1.165) is 31.4 Å². The summed E-state index contributed by atoms with van der Waals surface area (Å²) in [5, 5.41) is 17.8. The lowest BCUT2D eigenvalue weighted by Gasteiger charge is -2.32. The number of nitrogens with one attached hydrogen (secondary N) is 3. The summed E-state index contributed by atoms with van der Waals surface area (Å²) in [6, 6.07) is 8.38. The fourth-order valence-corrected chi connectivity index (χ4v) is 3.41. The van der Waals surface area contributed by atoms with Gasteiger partial charge in [0.1, 0.15) is 0 Å². The van der Waals surface area contributed by atoms with Crippen molar-refractivity contribution < 1.29 is 4.79 Å². The highest BCUT2D eigenvalue weighted by Gasteiger charge is 2.26. The first-order valence-electron chi connectivity index (χ1n) is 9.81. The summed E-state index contributed by atoms with van der Waals surface area (Å²) in [5.74, 6) is 1.42. The van der Waals surface area contributed by atoms with Crippen molar-refractivity contribution in [2.75, 3.05) is 10.6 Å². The van der Waals surface area contributed by atoms with Crippen LogP contribution in [0.5, 0.6) is 0 Å². The van der Waals surface area contributed by atoms with E-state index in [1.165, 1.54) is 11.6 Å². The van der Waals surface area contributed by atoms with Gasteiger partial charge in [-0.05, 0) is 42.5 Å². The average molecular weight is 380 g/mol. The molecule has 1 amide bonds.